The lowest BCUT2D eigenvalue weighted by Crippen LogP contribution is -2.28. The lowest BCUT2D eigenvalue weighted by atomic mass is 10.2. The summed E-state index contributed by atoms with van der Waals surface area (Å²) in [5, 5.41) is 12.6. The summed E-state index contributed by atoms with van der Waals surface area (Å²) >= 11 is 3.32. The van der Waals surface area contributed by atoms with Gasteiger partial charge in [0.25, 0.3) is 5.91 Å². The molecule has 0 aliphatic rings. The Labute approximate surface area is 96.1 Å². The molecular weight excluding hydrogens is 260 g/mol. The molecular formula is C10H11BrN2O2. The van der Waals surface area contributed by atoms with E-state index in [1.807, 2.05) is 24.3 Å². The SMILES string of the molecule is C[C@H](O)C(=O)N/N=C\c1cccc(Br)c1. The number of amides is 1. The Balaban J connectivity index is 2.55. The quantitative estimate of drug-likeness (QED) is 0.642. The summed E-state index contributed by atoms with van der Waals surface area (Å²) in [6.45, 7) is 1.38. The minimum absolute atomic E-state index is 0.527. The smallest absolute Gasteiger partial charge is 0.268 e. The van der Waals surface area contributed by atoms with E-state index in [2.05, 4.69) is 26.5 Å². The molecule has 15 heavy (non-hydrogen) atoms. The second-order valence-electron chi connectivity index (χ2n) is 2.97. The van der Waals surface area contributed by atoms with Crippen LogP contribution in [0.2, 0.25) is 0 Å². The topological polar surface area (TPSA) is 61.7 Å². The molecule has 0 aliphatic carbocycles. The van der Waals surface area contributed by atoms with Gasteiger partial charge in [-0.15, -0.1) is 0 Å². The number of aliphatic hydroxyl groups is 1. The first kappa shape index (κ1) is 11.9. The van der Waals surface area contributed by atoms with E-state index in [0.717, 1.165) is 10.0 Å². The predicted molar refractivity (Wildman–Crippen MR) is 61.6 cm³/mol. The van der Waals surface area contributed by atoms with Crippen molar-refractivity contribution < 1.29 is 9.90 Å². The summed E-state index contributed by atoms with van der Waals surface area (Å²) in [4.78, 5) is 10.9. The van der Waals surface area contributed by atoms with Crippen molar-refractivity contribution in [3.05, 3.63) is 34.3 Å². The summed E-state index contributed by atoms with van der Waals surface area (Å²) in [7, 11) is 0. The number of carbonyl (C=O) groups is 1. The molecule has 4 nitrogen and oxygen atoms in total. The molecule has 80 valence electrons. The van der Waals surface area contributed by atoms with E-state index in [-0.39, 0.29) is 0 Å². The lowest BCUT2D eigenvalue weighted by Gasteiger charge is -2.00. The molecule has 0 bridgehead atoms. The highest BCUT2D eigenvalue weighted by molar-refractivity contribution is 9.10. The minimum Gasteiger partial charge on any atom is -0.383 e. The predicted octanol–water partition coefficient (Wildman–Crippen LogP) is 1.28. The first-order valence-electron chi connectivity index (χ1n) is 4.36. The van der Waals surface area contributed by atoms with Crippen molar-refractivity contribution in [2.24, 2.45) is 5.10 Å². The number of benzene rings is 1. The average Bonchev–Trinajstić information content (AvgIpc) is 2.17. The van der Waals surface area contributed by atoms with Gasteiger partial charge in [0.1, 0.15) is 6.10 Å². The monoisotopic (exact) mass is 270 g/mol. The molecule has 2 N–H and O–H groups in total. The van der Waals surface area contributed by atoms with Gasteiger partial charge in [0.05, 0.1) is 6.21 Å². The Morgan fingerprint density at radius 1 is 1.67 bits per heavy atom. The minimum atomic E-state index is -1.05. The van der Waals surface area contributed by atoms with Gasteiger partial charge in [-0.2, -0.15) is 5.10 Å². The number of hydrogen-bond donors (Lipinski definition) is 2. The van der Waals surface area contributed by atoms with Gasteiger partial charge in [-0.25, -0.2) is 5.43 Å². The van der Waals surface area contributed by atoms with Gasteiger partial charge >= 0.3 is 0 Å². The van der Waals surface area contributed by atoms with Gasteiger partial charge in [-0.05, 0) is 24.6 Å². The summed E-state index contributed by atoms with van der Waals surface area (Å²) in [5.41, 5.74) is 3.07. The number of hydrazone groups is 1. The van der Waals surface area contributed by atoms with E-state index < -0.39 is 12.0 Å². The maximum absolute atomic E-state index is 10.9. The van der Waals surface area contributed by atoms with Crippen molar-refractivity contribution in [3.63, 3.8) is 0 Å². The first-order chi connectivity index (χ1) is 7.09. The standard InChI is InChI=1S/C10H11BrN2O2/c1-7(14)10(15)13-12-6-8-3-2-4-9(11)5-8/h2-7,14H,1H3,(H,13,15)/b12-6-/t7-/m0/s1. The van der Waals surface area contributed by atoms with E-state index in [1.54, 1.807) is 0 Å². The number of nitrogens with one attached hydrogen (secondary N) is 1. The Bertz CT molecular complexity index is 377. The van der Waals surface area contributed by atoms with Crippen molar-refractivity contribution >= 4 is 28.1 Å². The molecule has 1 atom stereocenters. The normalized spacial score (nSPS) is 12.7. The Kier molecular flexibility index (Phi) is 4.45. The van der Waals surface area contributed by atoms with Crippen LogP contribution in [0, 0.1) is 0 Å². The highest BCUT2D eigenvalue weighted by Gasteiger charge is 2.05. The molecule has 5 heteroatoms. The first-order valence-corrected chi connectivity index (χ1v) is 5.15. The van der Waals surface area contributed by atoms with E-state index in [1.165, 1.54) is 13.1 Å². The highest BCUT2D eigenvalue weighted by atomic mass is 79.9. The second kappa shape index (κ2) is 5.63. The van der Waals surface area contributed by atoms with Crippen LogP contribution in [0.3, 0.4) is 0 Å². The van der Waals surface area contributed by atoms with Gasteiger partial charge in [-0.3, -0.25) is 4.79 Å². The molecule has 0 aliphatic heterocycles. The van der Waals surface area contributed by atoms with Gasteiger partial charge < -0.3 is 5.11 Å². The van der Waals surface area contributed by atoms with Crippen LogP contribution in [-0.2, 0) is 4.79 Å². The zero-order valence-corrected chi connectivity index (χ0v) is 9.73. The maximum atomic E-state index is 10.9. The molecule has 0 heterocycles. The Morgan fingerprint density at radius 2 is 2.40 bits per heavy atom. The van der Waals surface area contributed by atoms with Crippen molar-refractivity contribution in [3.8, 4) is 0 Å². The van der Waals surface area contributed by atoms with Crippen molar-refractivity contribution in [2.75, 3.05) is 0 Å². The van der Waals surface area contributed by atoms with Crippen LogP contribution in [0.4, 0.5) is 0 Å². The van der Waals surface area contributed by atoms with Crippen molar-refractivity contribution in [1.82, 2.24) is 5.43 Å². The van der Waals surface area contributed by atoms with Crippen molar-refractivity contribution in [2.45, 2.75) is 13.0 Å². The fraction of sp³-hybridized carbons (Fsp3) is 0.200. The molecule has 1 amide bonds. The van der Waals surface area contributed by atoms with Crippen molar-refractivity contribution in [1.29, 1.82) is 0 Å². The number of nitrogens with zero attached hydrogens (tertiary/aromatic N) is 1. The Morgan fingerprint density at radius 3 is 3.00 bits per heavy atom. The third-order valence-electron chi connectivity index (χ3n) is 1.62. The largest absolute Gasteiger partial charge is 0.383 e. The van der Waals surface area contributed by atoms with E-state index in [0.29, 0.717) is 0 Å². The molecule has 1 aromatic rings. The maximum Gasteiger partial charge on any atom is 0.268 e. The van der Waals surface area contributed by atoms with Gasteiger partial charge in [0, 0.05) is 4.47 Å². The zero-order chi connectivity index (χ0) is 11.3. The van der Waals surface area contributed by atoms with Gasteiger partial charge in [0.2, 0.25) is 0 Å². The number of hydrogen-bond acceptors (Lipinski definition) is 3. The fourth-order valence-corrected chi connectivity index (χ4v) is 1.27. The van der Waals surface area contributed by atoms with Crippen LogP contribution in [-0.4, -0.2) is 23.3 Å². The number of rotatable bonds is 3. The lowest BCUT2D eigenvalue weighted by molar-refractivity contribution is -0.128. The molecule has 0 fully saturated rings. The molecule has 0 spiro atoms. The molecule has 0 radical (unpaired) electrons. The van der Waals surface area contributed by atoms with Crippen LogP contribution in [0.25, 0.3) is 0 Å². The van der Waals surface area contributed by atoms with Crippen LogP contribution < -0.4 is 5.43 Å². The molecule has 0 saturated heterocycles. The summed E-state index contributed by atoms with van der Waals surface area (Å²) < 4.78 is 0.938. The van der Waals surface area contributed by atoms with Crippen LogP contribution in [0.15, 0.2) is 33.8 Å². The molecule has 0 aromatic heterocycles. The van der Waals surface area contributed by atoms with Gasteiger partial charge in [0.15, 0.2) is 0 Å². The molecule has 0 saturated carbocycles. The third-order valence-corrected chi connectivity index (χ3v) is 2.11. The van der Waals surface area contributed by atoms with Crippen LogP contribution in [0.1, 0.15) is 12.5 Å². The van der Waals surface area contributed by atoms with Gasteiger partial charge in [-0.1, -0.05) is 28.1 Å². The fourth-order valence-electron chi connectivity index (χ4n) is 0.851. The molecule has 1 aromatic carbocycles. The number of aliphatic hydroxyl groups excluding tert-OH is 1. The van der Waals surface area contributed by atoms with Crippen LogP contribution >= 0.6 is 15.9 Å². The number of carbonyl (C=O) groups excluding carboxylic acids is 1. The zero-order valence-electron chi connectivity index (χ0n) is 8.14. The number of halogens is 1. The summed E-state index contributed by atoms with van der Waals surface area (Å²) in [6.07, 6.45) is 0.454. The van der Waals surface area contributed by atoms with E-state index in [9.17, 15) is 4.79 Å². The average molecular weight is 271 g/mol. The van der Waals surface area contributed by atoms with E-state index in [4.69, 9.17) is 5.11 Å². The van der Waals surface area contributed by atoms with Crippen LogP contribution in [0.5, 0.6) is 0 Å². The Hall–Kier alpha value is -1.20. The van der Waals surface area contributed by atoms with E-state index >= 15 is 0 Å². The summed E-state index contributed by atoms with van der Waals surface area (Å²) in [6, 6.07) is 7.47. The highest BCUT2D eigenvalue weighted by Crippen LogP contribution is 2.09. The molecule has 1 rings (SSSR count). The second-order valence-corrected chi connectivity index (χ2v) is 3.88. The molecule has 0 unspecified atom stereocenters. The third kappa shape index (κ3) is 4.22. The summed E-state index contributed by atoms with van der Waals surface area (Å²) in [5.74, 6) is -0.527.